The normalized spacial score (nSPS) is 14.5. The van der Waals surface area contributed by atoms with Crippen LogP contribution in [0.3, 0.4) is 0 Å². The highest BCUT2D eigenvalue weighted by Gasteiger charge is 2.33. The third-order valence-corrected chi connectivity index (χ3v) is 7.46. The van der Waals surface area contributed by atoms with Gasteiger partial charge in [-0.15, -0.1) is 0 Å². The quantitative estimate of drug-likeness (QED) is 0.337. The first-order valence-electron chi connectivity index (χ1n) is 11.9. The number of rotatable bonds is 9. The van der Waals surface area contributed by atoms with E-state index < -0.39 is 11.6 Å². The number of hydrogen-bond donors (Lipinski definition) is 1. The number of nitrogens with zero attached hydrogens (tertiary/aromatic N) is 1. The fourth-order valence-electron chi connectivity index (χ4n) is 3.93. The Morgan fingerprint density at radius 2 is 1.69 bits per heavy atom. The van der Waals surface area contributed by atoms with E-state index in [1.807, 2.05) is 11.8 Å². The summed E-state index contributed by atoms with van der Waals surface area (Å²) in [5.74, 6) is 0.225. The van der Waals surface area contributed by atoms with Crippen molar-refractivity contribution in [1.82, 2.24) is 0 Å². The maximum absolute atomic E-state index is 11.5. The van der Waals surface area contributed by atoms with Gasteiger partial charge < -0.3 is 19.5 Å². The van der Waals surface area contributed by atoms with E-state index in [1.54, 1.807) is 38.1 Å². The zero-order valence-corrected chi connectivity index (χ0v) is 21.4. The second-order valence-electron chi connectivity index (χ2n) is 8.66. The molecule has 0 saturated heterocycles. The van der Waals surface area contributed by atoms with Crippen molar-refractivity contribution in [2.24, 2.45) is 0 Å². The van der Waals surface area contributed by atoms with Crippen molar-refractivity contribution in [2.75, 3.05) is 18.1 Å². The van der Waals surface area contributed by atoms with Crippen LogP contribution in [-0.4, -0.2) is 29.8 Å². The van der Waals surface area contributed by atoms with Crippen molar-refractivity contribution in [2.45, 2.75) is 49.5 Å². The zero-order valence-electron chi connectivity index (χ0n) is 20.6. The predicted molar refractivity (Wildman–Crippen MR) is 142 cm³/mol. The lowest BCUT2D eigenvalue weighted by Crippen LogP contribution is -2.40. The van der Waals surface area contributed by atoms with Gasteiger partial charge in [-0.25, -0.2) is 4.79 Å². The topological polar surface area (TPSA) is 59.0 Å². The summed E-state index contributed by atoms with van der Waals surface area (Å²) in [4.78, 5) is 16.4. The summed E-state index contributed by atoms with van der Waals surface area (Å²) in [7, 11) is 0. The summed E-state index contributed by atoms with van der Waals surface area (Å²) >= 11 is 1.82. The minimum atomic E-state index is -1.24. The Kier molecular flexibility index (Phi) is 7.41. The third-order valence-electron chi connectivity index (χ3n) is 6.33. The van der Waals surface area contributed by atoms with Crippen LogP contribution in [0.4, 0.5) is 11.4 Å². The average molecular weight is 490 g/mol. The van der Waals surface area contributed by atoms with Gasteiger partial charge in [-0.3, -0.25) is 0 Å². The molecular weight excluding hydrogens is 458 g/mol. The number of hydrogen-bond acceptors (Lipinski definition) is 5. The van der Waals surface area contributed by atoms with E-state index in [0.29, 0.717) is 24.5 Å². The molecule has 0 bridgehead atoms. The van der Waals surface area contributed by atoms with Gasteiger partial charge in [0.1, 0.15) is 18.1 Å². The number of carboxylic acid groups (broad SMARTS) is 1. The second-order valence-corrected chi connectivity index (χ2v) is 9.74. The Bertz CT molecular complexity index is 1240. The molecule has 0 aliphatic carbocycles. The number of allylic oxidation sites excluding steroid dienone is 1. The number of carboxylic acids is 1. The molecule has 5 nitrogen and oxygen atoms in total. The van der Waals surface area contributed by atoms with Gasteiger partial charge in [-0.05, 0) is 92.9 Å². The standard InChI is InChI=1S/C29H31NO4S/c1-5-29(4,28(31)32)34-23-14-12-22(13-15-23)33-18-17-20(3)21-11-16-27-25(19-21)30(6-2)24-9-7-8-10-26(24)35-27/h7-17,19H,5-6,18H2,1-4H3,(H,31,32). The first kappa shape index (κ1) is 24.7. The highest BCUT2D eigenvalue weighted by Crippen LogP contribution is 2.48. The van der Waals surface area contributed by atoms with Crippen LogP contribution in [0.5, 0.6) is 11.5 Å². The van der Waals surface area contributed by atoms with E-state index in [-0.39, 0.29) is 0 Å². The Morgan fingerprint density at radius 3 is 2.37 bits per heavy atom. The lowest BCUT2D eigenvalue weighted by molar-refractivity contribution is -0.154. The Balaban J connectivity index is 1.42. The van der Waals surface area contributed by atoms with E-state index in [2.05, 4.69) is 67.3 Å². The fourth-order valence-corrected chi connectivity index (χ4v) is 5.00. The van der Waals surface area contributed by atoms with Crippen molar-refractivity contribution in [3.8, 4) is 11.5 Å². The van der Waals surface area contributed by atoms with Crippen LogP contribution in [0.2, 0.25) is 0 Å². The number of fused-ring (bicyclic) bond motifs is 2. The zero-order chi connectivity index (χ0) is 25.0. The first-order chi connectivity index (χ1) is 16.8. The Labute approximate surface area is 211 Å². The molecule has 35 heavy (non-hydrogen) atoms. The van der Waals surface area contributed by atoms with Crippen LogP contribution < -0.4 is 14.4 Å². The van der Waals surface area contributed by atoms with Crippen LogP contribution in [0.25, 0.3) is 5.57 Å². The highest BCUT2D eigenvalue weighted by molar-refractivity contribution is 7.99. The van der Waals surface area contributed by atoms with Crippen molar-refractivity contribution < 1.29 is 19.4 Å². The van der Waals surface area contributed by atoms with Gasteiger partial charge >= 0.3 is 5.97 Å². The highest BCUT2D eigenvalue weighted by atomic mass is 32.2. The maximum atomic E-state index is 11.5. The molecule has 1 unspecified atom stereocenters. The van der Waals surface area contributed by atoms with Gasteiger partial charge in [0, 0.05) is 16.3 Å². The van der Waals surface area contributed by atoms with Crippen molar-refractivity contribution in [3.63, 3.8) is 0 Å². The van der Waals surface area contributed by atoms with Gasteiger partial charge in [0.05, 0.1) is 11.4 Å². The minimum Gasteiger partial charge on any atom is -0.490 e. The number of para-hydroxylation sites is 1. The first-order valence-corrected chi connectivity index (χ1v) is 12.7. The summed E-state index contributed by atoms with van der Waals surface area (Å²) in [5, 5.41) is 9.39. The van der Waals surface area contributed by atoms with E-state index >= 15 is 0 Å². The van der Waals surface area contributed by atoms with Gasteiger partial charge in [0.25, 0.3) is 0 Å². The lowest BCUT2D eigenvalue weighted by Gasteiger charge is -2.32. The smallest absolute Gasteiger partial charge is 0.347 e. The molecule has 0 fully saturated rings. The van der Waals surface area contributed by atoms with Crippen LogP contribution >= 0.6 is 11.8 Å². The maximum Gasteiger partial charge on any atom is 0.347 e. The number of carbonyl (C=O) groups is 1. The average Bonchev–Trinajstić information content (AvgIpc) is 2.87. The number of benzene rings is 3. The molecule has 0 radical (unpaired) electrons. The van der Waals surface area contributed by atoms with Gasteiger partial charge in [-0.2, -0.15) is 0 Å². The van der Waals surface area contributed by atoms with E-state index in [4.69, 9.17) is 9.47 Å². The van der Waals surface area contributed by atoms with E-state index in [1.165, 1.54) is 26.7 Å². The fraction of sp³-hybridized carbons (Fsp3) is 0.276. The summed E-state index contributed by atoms with van der Waals surface area (Å²) in [6.45, 7) is 8.98. The molecule has 1 aliphatic heterocycles. The molecular formula is C29H31NO4S. The minimum absolute atomic E-state index is 0.370. The van der Waals surface area contributed by atoms with Crippen LogP contribution in [0.1, 0.15) is 39.7 Å². The molecule has 182 valence electrons. The molecule has 0 saturated carbocycles. The number of aliphatic carboxylic acids is 1. The molecule has 6 heteroatoms. The number of ether oxygens (including phenoxy) is 2. The number of anilines is 2. The summed E-state index contributed by atoms with van der Waals surface area (Å²) < 4.78 is 11.6. The van der Waals surface area contributed by atoms with Crippen LogP contribution in [0, 0.1) is 0 Å². The Morgan fingerprint density at radius 1 is 1.00 bits per heavy atom. The van der Waals surface area contributed by atoms with E-state index in [9.17, 15) is 9.90 Å². The molecule has 1 N–H and O–H groups in total. The monoisotopic (exact) mass is 489 g/mol. The van der Waals surface area contributed by atoms with Crippen LogP contribution in [-0.2, 0) is 4.79 Å². The molecule has 1 atom stereocenters. The molecule has 0 aromatic heterocycles. The summed E-state index contributed by atoms with van der Waals surface area (Å²) in [6, 6.07) is 22.2. The van der Waals surface area contributed by atoms with Crippen molar-refractivity contribution >= 4 is 34.7 Å². The van der Waals surface area contributed by atoms with Crippen molar-refractivity contribution in [1.29, 1.82) is 0 Å². The predicted octanol–water partition coefficient (Wildman–Crippen LogP) is 7.42. The Hall–Kier alpha value is -3.38. The molecule has 1 heterocycles. The van der Waals surface area contributed by atoms with Gasteiger partial charge in [0.2, 0.25) is 5.60 Å². The van der Waals surface area contributed by atoms with Crippen LogP contribution in [0.15, 0.2) is 82.6 Å². The van der Waals surface area contributed by atoms with Gasteiger partial charge in [-0.1, -0.05) is 36.9 Å². The summed E-state index contributed by atoms with van der Waals surface area (Å²) in [6.07, 6.45) is 2.44. The molecule has 3 aromatic rings. The second kappa shape index (κ2) is 10.5. The van der Waals surface area contributed by atoms with Gasteiger partial charge in [0.15, 0.2) is 0 Å². The molecule has 1 aliphatic rings. The lowest BCUT2D eigenvalue weighted by atomic mass is 10.0. The largest absolute Gasteiger partial charge is 0.490 e. The van der Waals surface area contributed by atoms with Crippen molar-refractivity contribution in [3.05, 3.63) is 78.4 Å². The molecule has 0 amide bonds. The molecule has 0 spiro atoms. The van der Waals surface area contributed by atoms with E-state index in [0.717, 1.165) is 12.1 Å². The molecule has 3 aromatic carbocycles. The SMILES string of the molecule is CCN1c2ccccc2Sc2ccc(C(C)=CCOc3ccc(OC(C)(CC)C(=O)O)cc3)cc21. The third kappa shape index (κ3) is 5.33. The summed E-state index contributed by atoms with van der Waals surface area (Å²) in [5.41, 5.74) is 3.56. The molecule has 4 rings (SSSR count).